The van der Waals surface area contributed by atoms with Crippen molar-refractivity contribution in [1.29, 1.82) is 0 Å². The van der Waals surface area contributed by atoms with Gasteiger partial charge in [0, 0.05) is 17.1 Å². The smallest absolute Gasteiger partial charge is 0.161 e. The Bertz CT molecular complexity index is 780. The predicted molar refractivity (Wildman–Crippen MR) is 93.2 cm³/mol. The fourth-order valence-electron chi connectivity index (χ4n) is 2.85. The zero-order valence-corrected chi connectivity index (χ0v) is 13.4. The summed E-state index contributed by atoms with van der Waals surface area (Å²) in [5.74, 6) is 1.53. The van der Waals surface area contributed by atoms with Crippen molar-refractivity contribution < 1.29 is 9.47 Å². The Kier molecular flexibility index (Phi) is 4.83. The van der Waals surface area contributed by atoms with Crippen molar-refractivity contribution in [3.63, 3.8) is 0 Å². The van der Waals surface area contributed by atoms with Gasteiger partial charge in [0.2, 0.25) is 0 Å². The number of methoxy groups -OCH3 is 1. The van der Waals surface area contributed by atoms with Crippen LogP contribution in [0, 0.1) is 0 Å². The maximum absolute atomic E-state index is 5.88. The lowest BCUT2D eigenvalue weighted by Crippen LogP contribution is -2.08. The van der Waals surface area contributed by atoms with Gasteiger partial charge in [0.05, 0.1) is 13.7 Å². The van der Waals surface area contributed by atoms with Crippen molar-refractivity contribution in [2.24, 2.45) is 5.73 Å². The Hall–Kier alpha value is -2.46. The number of aromatic nitrogens is 1. The monoisotopic (exact) mass is 310 g/mol. The van der Waals surface area contributed by atoms with E-state index in [1.54, 1.807) is 7.11 Å². The minimum absolute atomic E-state index is 0.584. The Balaban J connectivity index is 1.74. The van der Waals surface area contributed by atoms with Crippen molar-refractivity contribution in [3.8, 4) is 11.5 Å². The summed E-state index contributed by atoms with van der Waals surface area (Å²) in [4.78, 5) is 0. The highest BCUT2D eigenvalue weighted by Crippen LogP contribution is 2.26. The highest BCUT2D eigenvalue weighted by atomic mass is 16.5. The van der Waals surface area contributed by atoms with Gasteiger partial charge in [0.1, 0.15) is 6.61 Å². The molecular weight excluding hydrogens is 288 g/mol. The number of hydrogen-bond acceptors (Lipinski definition) is 3. The number of para-hydroxylation sites is 3. The van der Waals surface area contributed by atoms with Gasteiger partial charge in [-0.15, -0.1) is 0 Å². The zero-order valence-electron chi connectivity index (χ0n) is 13.4. The molecule has 0 radical (unpaired) electrons. The van der Waals surface area contributed by atoms with Gasteiger partial charge in [0.15, 0.2) is 11.5 Å². The molecule has 4 nitrogen and oxygen atoms in total. The molecule has 0 fully saturated rings. The van der Waals surface area contributed by atoms with Gasteiger partial charge in [-0.1, -0.05) is 30.3 Å². The zero-order chi connectivity index (χ0) is 16.1. The SMILES string of the molecule is COc1ccccc1OCCn1cc(CCN)c2ccccc21. The number of nitrogens with two attached hydrogens (primary N) is 1. The number of ether oxygens (including phenoxy) is 2. The van der Waals surface area contributed by atoms with E-state index in [-0.39, 0.29) is 0 Å². The summed E-state index contributed by atoms with van der Waals surface area (Å²) in [6.45, 7) is 2.02. The average Bonchev–Trinajstić information content (AvgIpc) is 2.94. The summed E-state index contributed by atoms with van der Waals surface area (Å²) >= 11 is 0. The molecule has 2 aromatic carbocycles. The van der Waals surface area contributed by atoms with Crippen LogP contribution in [0.5, 0.6) is 11.5 Å². The molecule has 0 aliphatic heterocycles. The molecule has 0 saturated carbocycles. The third-order valence-electron chi connectivity index (χ3n) is 3.94. The van der Waals surface area contributed by atoms with Crippen molar-refractivity contribution >= 4 is 10.9 Å². The highest BCUT2D eigenvalue weighted by molar-refractivity contribution is 5.84. The first-order chi connectivity index (χ1) is 11.3. The molecule has 0 spiro atoms. The first kappa shape index (κ1) is 15.4. The van der Waals surface area contributed by atoms with Gasteiger partial charge in [0.25, 0.3) is 0 Å². The van der Waals surface area contributed by atoms with Crippen molar-refractivity contribution in [2.75, 3.05) is 20.3 Å². The van der Waals surface area contributed by atoms with Crippen LogP contribution in [0.15, 0.2) is 54.7 Å². The van der Waals surface area contributed by atoms with Crippen LogP contribution >= 0.6 is 0 Å². The van der Waals surface area contributed by atoms with Crippen LogP contribution < -0.4 is 15.2 Å². The minimum atomic E-state index is 0.584. The second kappa shape index (κ2) is 7.20. The Morgan fingerprint density at radius 2 is 1.74 bits per heavy atom. The van der Waals surface area contributed by atoms with E-state index in [2.05, 4.69) is 35.0 Å². The molecule has 0 amide bonds. The summed E-state index contributed by atoms with van der Waals surface area (Å²) in [7, 11) is 1.65. The summed E-state index contributed by atoms with van der Waals surface area (Å²) in [5.41, 5.74) is 8.23. The van der Waals surface area contributed by atoms with Gasteiger partial charge in [-0.3, -0.25) is 0 Å². The van der Waals surface area contributed by atoms with Crippen LogP contribution in [-0.4, -0.2) is 24.8 Å². The van der Waals surface area contributed by atoms with Crippen molar-refractivity contribution in [2.45, 2.75) is 13.0 Å². The average molecular weight is 310 g/mol. The Morgan fingerprint density at radius 3 is 2.52 bits per heavy atom. The van der Waals surface area contributed by atoms with Crippen LogP contribution in [-0.2, 0) is 13.0 Å². The van der Waals surface area contributed by atoms with Crippen molar-refractivity contribution in [3.05, 3.63) is 60.3 Å². The van der Waals surface area contributed by atoms with E-state index in [1.807, 2.05) is 24.3 Å². The van der Waals surface area contributed by atoms with Crippen molar-refractivity contribution in [1.82, 2.24) is 4.57 Å². The lowest BCUT2D eigenvalue weighted by atomic mass is 10.1. The van der Waals surface area contributed by atoms with Gasteiger partial charge >= 0.3 is 0 Å². The second-order valence-electron chi connectivity index (χ2n) is 5.40. The third kappa shape index (κ3) is 3.32. The maximum Gasteiger partial charge on any atom is 0.161 e. The molecule has 3 rings (SSSR count). The lowest BCUT2D eigenvalue weighted by molar-refractivity contribution is 0.281. The molecule has 3 aromatic rings. The van der Waals surface area contributed by atoms with E-state index in [0.29, 0.717) is 13.2 Å². The van der Waals surface area contributed by atoms with E-state index >= 15 is 0 Å². The van der Waals surface area contributed by atoms with Crippen LogP contribution in [0.1, 0.15) is 5.56 Å². The second-order valence-corrected chi connectivity index (χ2v) is 5.40. The van der Waals surface area contributed by atoms with Gasteiger partial charge < -0.3 is 19.8 Å². The summed E-state index contributed by atoms with van der Waals surface area (Å²) in [6.07, 6.45) is 3.07. The fourth-order valence-corrected chi connectivity index (χ4v) is 2.85. The van der Waals surface area contributed by atoms with Gasteiger partial charge in [-0.05, 0) is 36.7 Å². The summed E-state index contributed by atoms with van der Waals surface area (Å²) in [5, 5.41) is 1.27. The van der Waals surface area contributed by atoms with Crippen LogP contribution in [0.3, 0.4) is 0 Å². The summed E-state index contributed by atoms with van der Waals surface area (Å²) in [6, 6.07) is 16.1. The molecule has 23 heavy (non-hydrogen) atoms. The molecule has 0 atom stereocenters. The lowest BCUT2D eigenvalue weighted by Gasteiger charge is -2.11. The predicted octanol–water partition coefficient (Wildman–Crippen LogP) is 3.23. The normalized spacial score (nSPS) is 10.9. The quantitative estimate of drug-likeness (QED) is 0.729. The van der Waals surface area contributed by atoms with E-state index < -0.39 is 0 Å². The maximum atomic E-state index is 5.88. The number of benzene rings is 2. The van der Waals surface area contributed by atoms with Gasteiger partial charge in [-0.25, -0.2) is 0 Å². The minimum Gasteiger partial charge on any atom is -0.493 e. The Morgan fingerprint density at radius 1 is 1.00 bits per heavy atom. The largest absolute Gasteiger partial charge is 0.493 e. The number of rotatable bonds is 7. The molecule has 0 unspecified atom stereocenters. The topological polar surface area (TPSA) is 49.4 Å². The molecule has 0 saturated heterocycles. The first-order valence-corrected chi connectivity index (χ1v) is 7.86. The van der Waals surface area contributed by atoms with E-state index in [0.717, 1.165) is 24.5 Å². The first-order valence-electron chi connectivity index (χ1n) is 7.86. The van der Waals surface area contributed by atoms with E-state index in [4.69, 9.17) is 15.2 Å². The van der Waals surface area contributed by atoms with E-state index in [1.165, 1.54) is 16.5 Å². The highest BCUT2D eigenvalue weighted by Gasteiger charge is 2.08. The molecule has 1 aromatic heterocycles. The number of hydrogen-bond donors (Lipinski definition) is 1. The number of nitrogens with zero attached hydrogens (tertiary/aromatic N) is 1. The molecule has 120 valence electrons. The fraction of sp³-hybridized carbons (Fsp3) is 0.263. The summed E-state index contributed by atoms with van der Waals surface area (Å²) < 4.78 is 13.4. The molecule has 0 aliphatic carbocycles. The van der Waals surface area contributed by atoms with Gasteiger partial charge in [-0.2, -0.15) is 0 Å². The van der Waals surface area contributed by atoms with Crippen LogP contribution in [0.4, 0.5) is 0 Å². The standard InChI is InChI=1S/C19H22N2O2/c1-22-18-8-4-5-9-19(18)23-13-12-21-14-15(10-11-20)16-6-2-3-7-17(16)21/h2-9,14H,10-13,20H2,1H3. The van der Waals surface area contributed by atoms with Crippen LogP contribution in [0.2, 0.25) is 0 Å². The third-order valence-corrected chi connectivity index (χ3v) is 3.94. The molecule has 4 heteroatoms. The van der Waals surface area contributed by atoms with E-state index in [9.17, 15) is 0 Å². The Labute approximate surface area is 136 Å². The molecule has 0 aliphatic rings. The molecule has 1 heterocycles. The molecular formula is C19H22N2O2. The number of fused-ring (bicyclic) bond motifs is 1. The van der Waals surface area contributed by atoms with Crippen LogP contribution in [0.25, 0.3) is 10.9 Å². The molecule has 0 bridgehead atoms. The molecule has 2 N–H and O–H groups in total.